The molecule has 11 heteroatoms. The van der Waals surface area contributed by atoms with Crippen molar-refractivity contribution >= 4 is 48.8 Å². The number of nitrogens with zero attached hydrogens (tertiary/aromatic N) is 1. The van der Waals surface area contributed by atoms with Crippen LogP contribution < -0.4 is 10.0 Å². The number of hydrogen-bond acceptors (Lipinski definition) is 7. The van der Waals surface area contributed by atoms with E-state index in [2.05, 4.69) is 14.4 Å². The second-order valence-corrected chi connectivity index (χ2v) is 12.9. The molecule has 0 bridgehead atoms. The highest BCUT2D eigenvalue weighted by atomic mass is 32.2. The fourth-order valence-electron chi connectivity index (χ4n) is 5.05. The van der Waals surface area contributed by atoms with Gasteiger partial charge in [0.15, 0.2) is 11.6 Å². The first-order valence-corrected chi connectivity index (χ1v) is 14.5. The standard InChI is InChI=1S/C24H25N3O6S2/c1-24(13-14-6-5-7-14)17-9-4-3-8-16(17)21(28)20(22(24)29)23-25-18-11-10-15(26-34(2,30)31)12-19(18)35(32,33)27-23/h3-4,8-12,14,26,28H,5-7,13H2,1-2H3,(H,25,27). The van der Waals surface area contributed by atoms with Crippen molar-refractivity contribution in [2.24, 2.45) is 10.3 Å². The number of nitrogens with one attached hydrogen (secondary N) is 2. The Morgan fingerprint density at radius 1 is 1.20 bits per heavy atom. The van der Waals surface area contributed by atoms with E-state index in [0.29, 0.717) is 23.5 Å². The summed E-state index contributed by atoms with van der Waals surface area (Å²) < 4.78 is 55.3. The van der Waals surface area contributed by atoms with Crippen LogP contribution in [-0.4, -0.2) is 39.8 Å². The number of rotatable bonds is 5. The van der Waals surface area contributed by atoms with Crippen LogP contribution in [0.15, 0.2) is 57.3 Å². The maximum atomic E-state index is 13.9. The molecule has 184 valence electrons. The lowest BCUT2D eigenvalue weighted by atomic mass is 9.63. The van der Waals surface area contributed by atoms with E-state index in [0.717, 1.165) is 31.6 Å². The Labute approximate surface area is 204 Å². The van der Waals surface area contributed by atoms with E-state index in [9.17, 15) is 26.7 Å². The Bertz CT molecular complexity index is 1540. The Morgan fingerprint density at radius 3 is 2.57 bits per heavy atom. The molecule has 0 spiro atoms. The lowest BCUT2D eigenvalue weighted by Gasteiger charge is -2.40. The smallest absolute Gasteiger partial charge is 0.286 e. The topological polar surface area (TPSA) is 142 Å². The molecular formula is C24H25N3O6S2. The van der Waals surface area contributed by atoms with Crippen molar-refractivity contribution in [3.05, 3.63) is 59.2 Å². The molecule has 2 aromatic carbocycles. The molecule has 1 unspecified atom stereocenters. The number of carbonyl (C=O) groups is 1. The third-order valence-corrected chi connectivity index (χ3v) is 8.85. The third kappa shape index (κ3) is 4.02. The van der Waals surface area contributed by atoms with E-state index in [-0.39, 0.29) is 39.2 Å². The van der Waals surface area contributed by atoms with Crippen molar-refractivity contribution in [2.75, 3.05) is 16.3 Å². The highest BCUT2D eigenvalue weighted by Crippen LogP contribution is 2.47. The van der Waals surface area contributed by atoms with Gasteiger partial charge in [0.2, 0.25) is 10.0 Å². The number of sulfonamides is 2. The third-order valence-electron chi connectivity index (χ3n) is 6.93. The first-order chi connectivity index (χ1) is 16.4. The average molecular weight is 516 g/mol. The fraction of sp³-hybridized carbons (Fsp3) is 0.333. The van der Waals surface area contributed by atoms with Gasteiger partial charge in [0, 0.05) is 11.3 Å². The Hall–Kier alpha value is -3.18. The van der Waals surface area contributed by atoms with Gasteiger partial charge < -0.3 is 10.4 Å². The van der Waals surface area contributed by atoms with Crippen molar-refractivity contribution in [3.63, 3.8) is 0 Å². The predicted molar refractivity (Wildman–Crippen MR) is 133 cm³/mol. The zero-order valence-corrected chi connectivity index (χ0v) is 20.8. The fourth-order valence-corrected chi connectivity index (χ4v) is 6.76. The molecule has 1 saturated carbocycles. The molecule has 0 amide bonds. The maximum absolute atomic E-state index is 13.9. The zero-order chi connectivity index (χ0) is 25.2. The highest BCUT2D eigenvalue weighted by Gasteiger charge is 2.48. The first-order valence-electron chi connectivity index (χ1n) is 11.2. The summed E-state index contributed by atoms with van der Waals surface area (Å²) in [5, 5.41) is 14.0. The molecule has 5 rings (SSSR count). The van der Waals surface area contributed by atoms with Gasteiger partial charge >= 0.3 is 0 Å². The van der Waals surface area contributed by atoms with Gasteiger partial charge in [-0.15, -0.1) is 4.40 Å². The summed E-state index contributed by atoms with van der Waals surface area (Å²) in [5.74, 6) is -0.582. The van der Waals surface area contributed by atoms with E-state index >= 15 is 0 Å². The first kappa shape index (κ1) is 23.6. The molecule has 9 nitrogen and oxygen atoms in total. The van der Waals surface area contributed by atoms with Gasteiger partial charge in [-0.1, -0.05) is 43.5 Å². The van der Waals surface area contributed by atoms with Crippen LogP contribution in [0.25, 0.3) is 5.76 Å². The molecule has 0 saturated heterocycles. The molecule has 2 aliphatic carbocycles. The number of amidine groups is 1. The molecule has 35 heavy (non-hydrogen) atoms. The molecule has 0 aromatic heterocycles. The van der Waals surface area contributed by atoms with E-state index in [4.69, 9.17) is 0 Å². The van der Waals surface area contributed by atoms with E-state index in [1.165, 1.54) is 12.1 Å². The summed E-state index contributed by atoms with van der Waals surface area (Å²) >= 11 is 0. The summed E-state index contributed by atoms with van der Waals surface area (Å²) in [6.07, 6.45) is 4.72. The molecule has 1 fully saturated rings. The van der Waals surface area contributed by atoms with Gasteiger partial charge in [0.05, 0.1) is 17.4 Å². The van der Waals surface area contributed by atoms with Crippen LogP contribution in [0.4, 0.5) is 11.4 Å². The minimum absolute atomic E-state index is 0.0630. The van der Waals surface area contributed by atoms with Crippen LogP contribution in [0.3, 0.4) is 0 Å². The number of aliphatic hydroxyl groups is 1. The number of hydrogen-bond donors (Lipinski definition) is 3. The summed E-state index contributed by atoms with van der Waals surface area (Å²) in [5.41, 5.74) is 0.271. The maximum Gasteiger partial charge on any atom is 0.286 e. The number of Topliss-reactive ketones (excluding diaryl/α,β-unsaturated/α-hetero) is 1. The number of carbonyl (C=O) groups excluding carboxylic acids is 1. The number of benzene rings is 2. The summed E-state index contributed by atoms with van der Waals surface area (Å²) in [7, 11) is -7.92. The molecule has 1 atom stereocenters. The van der Waals surface area contributed by atoms with Gasteiger partial charge in [0.1, 0.15) is 16.2 Å². The quantitative estimate of drug-likeness (QED) is 0.552. The van der Waals surface area contributed by atoms with Gasteiger partial charge in [-0.3, -0.25) is 9.52 Å². The minimum Gasteiger partial charge on any atom is -0.506 e. The molecule has 3 N–H and O–H groups in total. The van der Waals surface area contributed by atoms with Crippen LogP contribution in [0.5, 0.6) is 0 Å². The lowest BCUT2D eigenvalue weighted by molar-refractivity contribution is -0.121. The number of fused-ring (bicyclic) bond motifs is 2. The second-order valence-electron chi connectivity index (χ2n) is 9.56. The molecule has 0 radical (unpaired) electrons. The van der Waals surface area contributed by atoms with Crippen LogP contribution in [-0.2, 0) is 30.3 Å². The van der Waals surface area contributed by atoms with Crippen LogP contribution in [0.2, 0.25) is 0 Å². The number of ketones is 1. The van der Waals surface area contributed by atoms with Crippen molar-refractivity contribution in [1.82, 2.24) is 0 Å². The van der Waals surface area contributed by atoms with E-state index in [1.54, 1.807) is 12.1 Å². The molecule has 1 heterocycles. The monoisotopic (exact) mass is 515 g/mol. The van der Waals surface area contributed by atoms with Crippen molar-refractivity contribution < 1.29 is 26.7 Å². The number of aliphatic hydroxyl groups excluding tert-OH is 1. The van der Waals surface area contributed by atoms with Gasteiger partial charge in [-0.05, 0) is 43.0 Å². The second kappa shape index (κ2) is 7.92. The van der Waals surface area contributed by atoms with Crippen LogP contribution >= 0.6 is 0 Å². The molecular weight excluding hydrogens is 490 g/mol. The number of anilines is 2. The average Bonchev–Trinajstić information content (AvgIpc) is 2.74. The van der Waals surface area contributed by atoms with Crippen molar-refractivity contribution in [3.8, 4) is 0 Å². The van der Waals surface area contributed by atoms with Crippen molar-refractivity contribution in [2.45, 2.75) is 42.9 Å². The van der Waals surface area contributed by atoms with Gasteiger partial charge in [-0.25, -0.2) is 8.42 Å². The van der Waals surface area contributed by atoms with Crippen LogP contribution in [0, 0.1) is 5.92 Å². The Kier molecular flexibility index (Phi) is 5.33. The summed E-state index contributed by atoms with van der Waals surface area (Å²) in [4.78, 5) is 13.7. The Balaban J connectivity index is 1.61. The summed E-state index contributed by atoms with van der Waals surface area (Å²) in [6, 6.07) is 11.1. The molecule has 2 aromatic rings. The van der Waals surface area contributed by atoms with Gasteiger partial charge in [-0.2, -0.15) is 8.42 Å². The van der Waals surface area contributed by atoms with Gasteiger partial charge in [0.25, 0.3) is 10.0 Å². The minimum atomic E-state index is -4.30. The lowest BCUT2D eigenvalue weighted by Crippen LogP contribution is -2.44. The molecule has 1 aliphatic heterocycles. The van der Waals surface area contributed by atoms with Crippen LogP contribution in [0.1, 0.15) is 43.7 Å². The van der Waals surface area contributed by atoms with E-state index in [1.807, 2.05) is 19.1 Å². The van der Waals surface area contributed by atoms with E-state index < -0.39 is 25.5 Å². The zero-order valence-electron chi connectivity index (χ0n) is 19.2. The Morgan fingerprint density at radius 2 is 1.91 bits per heavy atom. The van der Waals surface area contributed by atoms with Crippen molar-refractivity contribution in [1.29, 1.82) is 0 Å². The molecule has 3 aliphatic rings. The normalized spacial score (nSPS) is 23.5. The largest absolute Gasteiger partial charge is 0.506 e. The predicted octanol–water partition coefficient (Wildman–Crippen LogP) is 3.57. The highest BCUT2D eigenvalue weighted by molar-refractivity contribution is 7.92. The summed E-state index contributed by atoms with van der Waals surface area (Å²) in [6.45, 7) is 1.84. The SMILES string of the molecule is CC1(CC2CCC2)C(=O)C(C2=NS(=O)(=O)c3cc(NS(C)(=O)=O)ccc3N2)=C(O)c2ccccc21.